The van der Waals surface area contributed by atoms with Gasteiger partial charge in [0.1, 0.15) is 0 Å². The molecule has 2 aliphatic rings. The Kier molecular flexibility index (Phi) is 4.26. The van der Waals surface area contributed by atoms with Crippen LogP contribution < -0.4 is 0 Å². The minimum absolute atomic E-state index is 0.0258. The number of aliphatic hydroxyl groups is 1. The predicted octanol–water partition coefficient (Wildman–Crippen LogP) is 2.66. The fourth-order valence-electron chi connectivity index (χ4n) is 3.54. The van der Waals surface area contributed by atoms with E-state index in [9.17, 15) is 5.11 Å². The van der Waals surface area contributed by atoms with E-state index in [0.29, 0.717) is 5.92 Å². The van der Waals surface area contributed by atoms with Crippen molar-refractivity contribution < 1.29 is 5.11 Å². The van der Waals surface area contributed by atoms with E-state index in [1.807, 2.05) is 0 Å². The number of aliphatic hydroxyl groups excluding tert-OH is 1. The molecule has 1 heterocycles. The van der Waals surface area contributed by atoms with E-state index in [1.54, 1.807) is 0 Å². The van der Waals surface area contributed by atoms with Crippen LogP contribution >= 0.6 is 0 Å². The van der Waals surface area contributed by atoms with Crippen molar-refractivity contribution >= 4 is 0 Å². The Morgan fingerprint density at radius 2 is 1.88 bits per heavy atom. The molecule has 2 heteroatoms. The summed E-state index contributed by atoms with van der Waals surface area (Å²) in [5, 5.41) is 10.0. The van der Waals surface area contributed by atoms with Crippen LogP contribution in [-0.2, 0) is 0 Å². The summed E-state index contributed by atoms with van der Waals surface area (Å²) < 4.78 is 0. The Morgan fingerprint density at radius 3 is 2.56 bits per heavy atom. The van der Waals surface area contributed by atoms with E-state index in [-0.39, 0.29) is 6.10 Å². The fourth-order valence-corrected chi connectivity index (χ4v) is 3.54. The maximum absolute atomic E-state index is 10.0. The molecule has 3 unspecified atom stereocenters. The lowest BCUT2D eigenvalue weighted by atomic mass is 9.86. The topological polar surface area (TPSA) is 23.5 Å². The molecule has 1 aliphatic carbocycles. The highest BCUT2D eigenvalue weighted by Gasteiger charge is 2.31. The summed E-state index contributed by atoms with van der Waals surface area (Å²) in [5.74, 6) is 1.32. The molecule has 1 N–H and O–H groups in total. The molecule has 1 saturated heterocycles. The Labute approximate surface area is 100 Å². The van der Waals surface area contributed by atoms with Crippen LogP contribution in [0.4, 0.5) is 0 Å². The van der Waals surface area contributed by atoms with Crippen LogP contribution in [0.2, 0.25) is 0 Å². The van der Waals surface area contributed by atoms with E-state index in [2.05, 4.69) is 18.7 Å². The van der Waals surface area contributed by atoms with Gasteiger partial charge < -0.3 is 5.11 Å². The third-order valence-electron chi connectivity index (χ3n) is 4.52. The first-order chi connectivity index (χ1) is 7.68. The predicted molar refractivity (Wildman–Crippen MR) is 67.4 cm³/mol. The van der Waals surface area contributed by atoms with Crippen LogP contribution in [-0.4, -0.2) is 35.2 Å². The van der Waals surface area contributed by atoms with Gasteiger partial charge in [-0.15, -0.1) is 0 Å². The average Bonchev–Trinajstić information content (AvgIpc) is 2.69. The van der Waals surface area contributed by atoms with Crippen LogP contribution in [0.25, 0.3) is 0 Å². The van der Waals surface area contributed by atoms with Gasteiger partial charge in [0, 0.05) is 12.6 Å². The zero-order chi connectivity index (χ0) is 11.5. The molecule has 0 radical (unpaired) electrons. The molecule has 16 heavy (non-hydrogen) atoms. The number of hydrogen-bond acceptors (Lipinski definition) is 2. The third-order valence-corrected chi connectivity index (χ3v) is 4.52. The van der Waals surface area contributed by atoms with Crippen LogP contribution in [0.5, 0.6) is 0 Å². The lowest BCUT2D eigenvalue weighted by Gasteiger charge is -2.35. The smallest absolute Gasteiger partial charge is 0.0580 e. The Morgan fingerprint density at radius 1 is 1.12 bits per heavy atom. The zero-order valence-electron chi connectivity index (χ0n) is 10.9. The molecule has 3 atom stereocenters. The van der Waals surface area contributed by atoms with Gasteiger partial charge in [0.25, 0.3) is 0 Å². The summed E-state index contributed by atoms with van der Waals surface area (Å²) in [6.45, 7) is 7.07. The van der Waals surface area contributed by atoms with Gasteiger partial charge in [-0.25, -0.2) is 0 Å². The van der Waals surface area contributed by atoms with Gasteiger partial charge in [0.2, 0.25) is 0 Å². The number of rotatable bonds is 3. The SMILES string of the molecule is CC(C)C1CCCN1CC1CCCCC1O. The van der Waals surface area contributed by atoms with Gasteiger partial charge in [-0.3, -0.25) is 4.90 Å². The van der Waals surface area contributed by atoms with Gasteiger partial charge in [0.05, 0.1) is 6.10 Å². The van der Waals surface area contributed by atoms with Crippen molar-refractivity contribution in [1.82, 2.24) is 4.90 Å². The summed E-state index contributed by atoms with van der Waals surface area (Å²) in [4.78, 5) is 2.64. The fraction of sp³-hybridized carbons (Fsp3) is 1.00. The quantitative estimate of drug-likeness (QED) is 0.798. The number of likely N-dealkylation sites (tertiary alicyclic amines) is 1. The van der Waals surface area contributed by atoms with Gasteiger partial charge in [0.15, 0.2) is 0 Å². The van der Waals surface area contributed by atoms with E-state index in [1.165, 1.54) is 38.6 Å². The van der Waals surface area contributed by atoms with Crippen molar-refractivity contribution in [2.75, 3.05) is 13.1 Å². The minimum Gasteiger partial charge on any atom is -0.393 e. The highest BCUT2D eigenvalue weighted by Crippen LogP contribution is 2.30. The molecule has 2 nitrogen and oxygen atoms in total. The molecule has 2 rings (SSSR count). The summed E-state index contributed by atoms with van der Waals surface area (Å²) in [5.41, 5.74) is 0. The second-order valence-corrected chi connectivity index (χ2v) is 6.06. The second kappa shape index (κ2) is 5.50. The molecular formula is C14H27NO. The maximum Gasteiger partial charge on any atom is 0.0580 e. The largest absolute Gasteiger partial charge is 0.393 e. The van der Waals surface area contributed by atoms with Crippen molar-refractivity contribution in [3.63, 3.8) is 0 Å². The van der Waals surface area contributed by atoms with Gasteiger partial charge in [-0.05, 0) is 44.1 Å². The highest BCUT2D eigenvalue weighted by molar-refractivity contribution is 4.85. The van der Waals surface area contributed by atoms with E-state index < -0.39 is 0 Å². The van der Waals surface area contributed by atoms with Crippen molar-refractivity contribution in [2.24, 2.45) is 11.8 Å². The van der Waals surface area contributed by atoms with E-state index >= 15 is 0 Å². The molecule has 0 amide bonds. The van der Waals surface area contributed by atoms with Crippen molar-refractivity contribution in [3.05, 3.63) is 0 Å². The number of nitrogens with zero attached hydrogens (tertiary/aromatic N) is 1. The molecule has 2 fully saturated rings. The molecule has 0 aromatic heterocycles. The normalized spacial score (nSPS) is 37.1. The summed E-state index contributed by atoms with van der Waals surface area (Å²) >= 11 is 0. The highest BCUT2D eigenvalue weighted by atomic mass is 16.3. The Bertz CT molecular complexity index is 217. The Balaban J connectivity index is 1.87. The van der Waals surface area contributed by atoms with E-state index in [4.69, 9.17) is 0 Å². The van der Waals surface area contributed by atoms with Crippen molar-refractivity contribution in [1.29, 1.82) is 0 Å². The average molecular weight is 225 g/mol. The Hall–Kier alpha value is -0.0800. The summed E-state index contributed by atoms with van der Waals surface area (Å²) in [6, 6.07) is 0.772. The lowest BCUT2D eigenvalue weighted by molar-refractivity contribution is 0.0394. The standard InChI is InChI=1S/C14H27NO/c1-11(2)13-7-5-9-15(13)10-12-6-3-4-8-14(12)16/h11-14,16H,3-10H2,1-2H3. The van der Waals surface area contributed by atoms with Gasteiger partial charge in [-0.2, -0.15) is 0 Å². The monoisotopic (exact) mass is 225 g/mol. The first kappa shape index (κ1) is 12.4. The van der Waals surface area contributed by atoms with Crippen LogP contribution in [0, 0.1) is 11.8 Å². The maximum atomic E-state index is 10.0. The van der Waals surface area contributed by atoms with Gasteiger partial charge in [-0.1, -0.05) is 26.7 Å². The second-order valence-electron chi connectivity index (χ2n) is 6.06. The van der Waals surface area contributed by atoms with Crippen LogP contribution in [0.3, 0.4) is 0 Å². The van der Waals surface area contributed by atoms with Crippen molar-refractivity contribution in [3.8, 4) is 0 Å². The molecule has 1 saturated carbocycles. The third kappa shape index (κ3) is 2.78. The first-order valence-corrected chi connectivity index (χ1v) is 7.10. The molecule has 0 aromatic rings. The zero-order valence-corrected chi connectivity index (χ0v) is 10.9. The molecule has 94 valence electrons. The van der Waals surface area contributed by atoms with Crippen LogP contribution in [0.15, 0.2) is 0 Å². The van der Waals surface area contributed by atoms with Gasteiger partial charge >= 0.3 is 0 Å². The first-order valence-electron chi connectivity index (χ1n) is 7.10. The van der Waals surface area contributed by atoms with Crippen LogP contribution in [0.1, 0.15) is 52.4 Å². The minimum atomic E-state index is -0.0258. The molecule has 0 aromatic carbocycles. The summed E-state index contributed by atoms with van der Waals surface area (Å²) in [7, 11) is 0. The molecule has 1 aliphatic heterocycles. The van der Waals surface area contributed by atoms with Crippen molar-refractivity contribution in [2.45, 2.75) is 64.5 Å². The summed E-state index contributed by atoms with van der Waals surface area (Å²) in [6.07, 6.45) is 7.51. The molecular weight excluding hydrogens is 198 g/mol. The molecule has 0 bridgehead atoms. The molecule has 0 spiro atoms. The lowest BCUT2D eigenvalue weighted by Crippen LogP contribution is -2.41. The number of hydrogen-bond donors (Lipinski definition) is 1. The van der Waals surface area contributed by atoms with E-state index in [0.717, 1.165) is 24.9 Å².